The van der Waals surface area contributed by atoms with E-state index in [1.54, 1.807) is 24.3 Å². The number of hydrogen-bond donors (Lipinski definition) is 1. The largest absolute Gasteiger partial charge is 0.497 e. The summed E-state index contributed by atoms with van der Waals surface area (Å²) >= 11 is 0. The maximum atomic E-state index is 12.7. The summed E-state index contributed by atoms with van der Waals surface area (Å²) in [6, 6.07) is 6.35. The lowest BCUT2D eigenvalue weighted by molar-refractivity contribution is -0.271. The Morgan fingerprint density at radius 1 is 1.24 bits per heavy atom. The Hall–Kier alpha value is -1.76. The van der Waals surface area contributed by atoms with E-state index in [0.717, 1.165) is 0 Å². The van der Waals surface area contributed by atoms with Gasteiger partial charge in [0.1, 0.15) is 5.75 Å². The van der Waals surface area contributed by atoms with Crippen LogP contribution in [-0.2, 0) is 0 Å². The van der Waals surface area contributed by atoms with Crippen LogP contribution in [-0.4, -0.2) is 47.9 Å². The van der Waals surface area contributed by atoms with Gasteiger partial charge >= 0.3 is 6.18 Å². The van der Waals surface area contributed by atoms with Gasteiger partial charge in [0.15, 0.2) is 5.60 Å². The summed E-state index contributed by atoms with van der Waals surface area (Å²) in [5.74, 6) is 0.249. The van der Waals surface area contributed by atoms with E-state index in [1.165, 1.54) is 12.0 Å². The summed E-state index contributed by atoms with van der Waals surface area (Å²) in [6.45, 7) is -0.248. The highest BCUT2D eigenvalue weighted by Crippen LogP contribution is 2.38. The fraction of sp³-hybridized carbons (Fsp3) is 0.500. The van der Waals surface area contributed by atoms with Crippen molar-refractivity contribution < 1.29 is 27.8 Å². The number of alkyl halides is 3. The highest BCUT2D eigenvalue weighted by Gasteiger charge is 2.54. The van der Waals surface area contributed by atoms with Crippen molar-refractivity contribution in [1.29, 1.82) is 0 Å². The first-order valence-electron chi connectivity index (χ1n) is 6.49. The van der Waals surface area contributed by atoms with Crippen molar-refractivity contribution in [2.45, 2.75) is 24.6 Å². The van der Waals surface area contributed by atoms with Crippen LogP contribution in [0.15, 0.2) is 24.3 Å². The molecule has 0 atom stereocenters. The first-order valence-corrected chi connectivity index (χ1v) is 6.49. The van der Waals surface area contributed by atoms with Crippen LogP contribution in [0.25, 0.3) is 0 Å². The number of aliphatic hydroxyl groups is 1. The molecule has 0 aliphatic carbocycles. The Morgan fingerprint density at radius 3 is 2.19 bits per heavy atom. The predicted molar refractivity (Wildman–Crippen MR) is 69.1 cm³/mol. The van der Waals surface area contributed by atoms with Crippen molar-refractivity contribution in [2.75, 3.05) is 20.2 Å². The van der Waals surface area contributed by atoms with Gasteiger partial charge in [-0.3, -0.25) is 4.79 Å². The third-order valence-corrected chi connectivity index (χ3v) is 3.74. The first kappa shape index (κ1) is 15.6. The van der Waals surface area contributed by atoms with Gasteiger partial charge in [-0.2, -0.15) is 13.2 Å². The second-order valence-corrected chi connectivity index (χ2v) is 5.05. The van der Waals surface area contributed by atoms with Gasteiger partial charge < -0.3 is 14.7 Å². The summed E-state index contributed by atoms with van der Waals surface area (Å²) in [4.78, 5) is 13.5. The van der Waals surface area contributed by atoms with Gasteiger partial charge in [0.25, 0.3) is 5.91 Å². The molecule has 0 radical (unpaired) electrons. The molecule has 0 aromatic heterocycles. The predicted octanol–water partition coefficient (Wildman–Crippen LogP) is 2.22. The van der Waals surface area contributed by atoms with Crippen molar-refractivity contribution in [3.05, 3.63) is 29.8 Å². The number of nitrogens with zero attached hydrogens (tertiary/aromatic N) is 1. The number of benzene rings is 1. The summed E-state index contributed by atoms with van der Waals surface area (Å²) in [6.07, 6.45) is -5.67. The number of methoxy groups -OCH3 is 1. The van der Waals surface area contributed by atoms with Crippen molar-refractivity contribution in [3.8, 4) is 5.75 Å². The molecule has 1 heterocycles. The Kier molecular flexibility index (Phi) is 4.13. The highest BCUT2D eigenvalue weighted by atomic mass is 19.4. The second kappa shape index (κ2) is 5.55. The molecular formula is C14H16F3NO3. The normalized spacial score (nSPS) is 18.4. The summed E-state index contributed by atoms with van der Waals surface area (Å²) in [7, 11) is 1.50. The summed E-state index contributed by atoms with van der Waals surface area (Å²) < 4.78 is 43.1. The topological polar surface area (TPSA) is 49.8 Å². The number of carbonyl (C=O) groups is 1. The van der Waals surface area contributed by atoms with E-state index in [9.17, 15) is 23.1 Å². The minimum Gasteiger partial charge on any atom is -0.497 e. The van der Waals surface area contributed by atoms with E-state index in [4.69, 9.17) is 4.74 Å². The van der Waals surface area contributed by atoms with Crippen molar-refractivity contribution in [3.63, 3.8) is 0 Å². The Morgan fingerprint density at radius 2 is 1.76 bits per heavy atom. The van der Waals surface area contributed by atoms with E-state index in [1.807, 2.05) is 0 Å². The Labute approximate surface area is 120 Å². The molecule has 0 unspecified atom stereocenters. The van der Waals surface area contributed by atoms with Crippen LogP contribution in [0.5, 0.6) is 5.75 Å². The third-order valence-electron chi connectivity index (χ3n) is 3.74. The van der Waals surface area contributed by atoms with Gasteiger partial charge in [-0.25, -0.2) is 0 Å². The molecule has 1 aromatic carbocycles. The number of likely N-dealkylation sites (tertiary alicyclic amines) is 1. The van der Waals surface area contributed by atoms with Crippen LogP contribution >= 0.6 is 0 Å². The van der Waals surface area contributed by atoms with E-state index in [0.29, 0.717) is 11.3 Å². The van der Waals surface area contributed by atoms with Crippen LogP contribution < -0.4 is 4.74 Å². The van der Waals surface area contributed by atoms with Gasteiger partial charge in [-0.15, -0.1) is 0 Å². The van der Waals surface area contributed by atoms with Crippen LogP contribution in [0.2, 0.25) is 0 Å². The minimum absolute atomic E-state index is 0.124. The number of ether oxygens (including phenoxy) is 1. The molecule has 0 saturated carbocycles. The summed E-state index contributed by atoms with van der Waals surface area (Å²) in [5, 5.41) is 9.57. The quantitative estimate of drug-likeness (QED) is 0.911. The first-order chi connectivity index (χ1) is 9.77. The SMILES string of the molecule is COc1ccc(C(=O)N2CCC(O)(C(F)(F)F)CC2)cc1. The molecule has 1 aromatic rings. The van der Waals surface area contributed by atoms with E-state index >= 15 is 0 Å². The average Bonchev–Trinajstić information content (AvgIpc) is 2.46. The van der Waals surface area contributed by atoms with Gasteiger partial charge in [-0.05, 0) is 24.3 Å². The monoisotopic (exact) mass is 303 g/mol. The zero-order chi connectivity index (χ0) is 15.7. The highest BCUT2D eigenvalue weighted by molar-refractivity contribution is 5.94. The van der Waals surface area contributed by atoms with Crippen molar-refractivity contribution >= 4 is 5.91 Å². The molecule has 21 heavy (non-hydrogen) atoms. The smallest absolute Gasteiger partial charge is 0.417 e. The zero-order valence-corrected chi connectivity index (χ0v) is 11.5. The molecule has 0 bridgehead atoms. The number of halogens is 3. The molecule has 1 fully saturated rings. The molecular weight excluding hydrogens is 287 g/mol. The molecule has 1 N–H and O–H groups in total. The third kappa shape index (κ3) is 3.12. The number of rotatable bonds is 2. The number of hydrogen-bond acceptors (Lipinski definition) is 3. The number of piperidine rings is 1. The zero-order valence-electron chi connectivity index (χ0n) is 11.5. The van der Waals surface area contributed by atoms with Gasteiger partial charge in [0.05, 0.1) is 7.11 Å². The molecule has 116 valence electrons. The number of carbonyl (C=O) groups excluding carboxylic acids is 1. The maximum Gasteiger partial charge on any atom is 0.417 e. The minimum atomic E-state index is -4.66. The molecule has 2 rings (SSSR count). The molecule has 1 saturated heterocycles. The number of amides is 1. The molecule has 0 spiro atoms. The summed E-state index contributed by atoms with van der Waals surface area (Å²) in [5.41, 5.74) is -2.31. The van der Waals surface area contributed by atoms with E-state index in [-0.39, 0.29) is 19.0 Å². The van der Waals surface area contributed by atoms with Gasteiger partial charge in [-0.1, -0.05) is 0 Å². The van der Waals surface area contributed by atoms with E-state index < -0.39 is 24.6 Å². The van der Waals surface area contributed by atoms with Crippen molar-refractivity contribution in [1.82, 2.24) is 4.90 Å². The standard InChI is InChI=1S/C14H16F3NO3/c1-21-11-4-2-10(3-5-11)12(19)18-8-6-13(20,7-9-18)14(15,16)17/h2-5,20H,6-9H2,1H3. The lowest BCUT2D eigenvalue weighted by Gasteiger charge is -2.39. The molecule has 7 heteroatoms. The lowest BCUT2D eigenvalue weighted by atomic mass is 9.90. The van der Waals surface area contributed by atoms with Crippen LogP contribution in [0, 0.1) is 0 Å². The molecule has 1 aliphatic heterocycles. The Balaban J connectivity index is 2.03. The maximum absolute atomic E-state index is 12.7. The molecule has 4 nitrogen and oxygen atoms in total. The van der Waals surface area contributed by atoms with E-state index in [2.05, 4.69) is 0 Å². The van der Waals surface area contributed by atoms with Gasteiger partial charge in [0, 0.05) is 31.5 Å². The Bertz CT molecular complexity index is 505. The molecule has 1 amide bonds. The van der Waals surface area contributed by atoms with Gasteiger partial charge in [0.2, 0.25) is 0 Å². The second-order valence-electron chi connectivity index (χ2n) is 5.05. The van der Waals surface area contributed by atoms with Crippen LogP contribution in [0.3, 0.4) is 0 Å². The fourth-order valence-corrected chi connectivity index (χ4v) is 2.28. The molecule has 1 aliphatic rings. The average molecular weight is 303 g/mol. The van der Waals surface area contributed by atoms with Crippen molar-refractivity contribution in [2.24, 2.45) is 0 Å². The van der Waals surface area contributed by atoms with Crippen LogP contribution in [0.4, 0.5) is 13.2 Å². The lowest BCUT2D eigenvalue weighted by Crippen LogP contribution is -2.54. The van der Waals surface area contributed by atoms with Crippen LogP contribution in [0.1, 0.15) is 23.2 Å². The fourth-order valence-electron chi connectivity index (χ4n) is 2.28.